The van der Waals surface area contributed by atoms with Crippen LogP contribution in [0.3, 0.4) is 0 Å². The number of nitrogens with zero attached hydrogens (tertiary/aromatic N) is 5. The van der Waals surface area contributed by atoms with E-state index in [9.17, 15) is 4.79 Å². The van der Waals surface area contributed by atoms with Crippen LogP contribution < -0.4 is 5.73 Å². The van der Waals surface area contributed by atoms with Gasteiger partial charge in [0.2, 0.25) is 11.9 Å². The monoisotopic (exact) mass is 303 g/mol. The number of likely N-dealkylation sites (tertiary alicyclic amines) is 1. The van der Waals surface area contributed by atoms with Gasteiger partial charge in [0.25, 0.3) is 0 Å². The van der Waals surface area contributed by atoms with Crippen LogP contribution in [0.2, 0.25) is 0 Å². The van der Waals surface area contributed by atoms with Gasteiger partial charge in [-0.05, 0) is 25.3 Å². The summed E-state index contributed by atoms with van der Waals surface area (Å²) in [7, 11) is 0. The first-order valence-electron chi connectivity index (χ1n) is 7.56. The van der Waals surface area contributed by atoms with Crippen LogP contribution in [0, 0.1) is 6.92 Å². The Morgan fingerprint density at radius 3 is 2.82 bits per heavy atom. The molecule has 0 spiro atoms. The zero-order chi connectivity index (χ0) is 15.5. The Labute approximate surface area is 128 Å². The molecule has 8 nitrogen and oxygen atoms in total. The maximum absolute atomic E-state index is 12.3. The molecule has 1 aliphatic rings. The van der Waals surface area contributed by atoms with Crippen LogP contribution in [-0.2, 0) is 11.3 Å². The normalized spacial score (nSPS) is 16.1. The maximum Gasteiger partial charge on any atom is 0.239 e. The first kappa shape index (κ1) is 14.6. The number of carbonyl (C=O) groups is 1. The number of amides is 1. The minimum Gasteiger partial charge on any atom is -0.367 e. The summed E-state index contributed by atoms with van der Waals surface area (Å²) in [6.07, 6.45) is 6.02. The molecule has 2 aromatic rings. The van der Waals surface area contributed by atoms with Gasteiger partial charge in [0.05, 0.1) is 6.20 Å². The van der Waals surface area contributed by atoms with Gasteiger partial charge < -0.3 is 10.6 Å². The molecule has 2 aromatic heterocycles. The van der Waals surface area contributed by atoms with E-state index in [2.05, 4.69) is 20.3 Å². The SMILES string of the molecule is Cc1cnn(CCC(=O)N2CCC(c3nc(N)n[nH]3)CC2)c1. The number of nitrogens with two attached hydrogens (primary N) is 1. The Morgan fingerprint density at radius 2 is 2.23 bits per heavy atom. The van der Waals surface area contributed by atoms with Crippen molar-refractivity contribution in [1.29, 1.82) is 0 Å². The molecule has 0 bridgehead atoms. The van der Waals surface area contributed by atoms with E-state index in [1.807, 2.05) is 22.7 Å². The second-order valence-corrected chi connectivity index (χ2v) is 5.76. The summed E-state index contributed by atoms with van der Waals surface area (Å²) >= 11 is 0. The maximum atomic E-state index is 12.3. The fourth-order valence-corrected chi connectivity index (χ4v) is 2.83. The van der Waals surface area contributed by atoms with Crippen LogP contribution in [0.15, 0.2) is 12.4 Å². The van der Waals surface area contributed by atoms with E-state index in [0.29, 0.717) is 18.9 Å². The van der Waals surface area contributed by atoms with E-state index in [1.54, 1.807) is 6.20 Å². The molecule has 0 aliphatic carbocycles. The third-order valence-corrected chi connectivity index (χ3v) is 4.07. The number of hydrogen-bond donors (Lipinski definition) is 2. The average molecular weight is 303 g/mol. The van der Waals surface area contributed by atoms with Crippen molar-refractivity contribution < 1.29 is 4.79 Å². The number of H-pyrrole nitrogens is 1. The Hall–Kier alpha value is -2.38. The van der Waals surface area contributed by atoms with E-state index in [1.165, 1.54) is 0 Å². The second kappa shape index (κ2) is 6.17. The molecular formula is C14H21N7O. The van der Waals surface area contributed by atoms with Crippen LogP contribution in [0.5, 0.6) is 0 Å². The van der Waals surface area contributed by atoms with Gasteiger partial charge in [-0.25, -0.2) is 0 Å². The van der Waals surface area contributed by atoms with E-state index >= 15 is 0 Å². The summed E-state index contributed by atoms with van der Waals surface area (Å²) in [4.78, 5) is 18.4. The van der Waals surface area contributed by atoms with Gasteiger partial charge in [-0.1, -0.05) is 0 Å². The molecule has 8 heteroatoms. The lowest BCUT2D eigenvalue weighted by atomic mass is 9.96. The lowest BCUT2D eigenvalue weighted by Crippen LogP contribution is -2.38. The first-order valence-corrected chi connectivity index (χ1v) is 7.56. The molecule has 3 heterocycles. The molecule has 0 unspecified atom stereocenters. The second-order valence-electron chi connectivity index (χ2n) is 5.76. The molecular weight excluding hydrogens is 282 g/mol. The van der Waals surface area contributed by atoms with Gasteiger partial charge in [-0.2, -0.15) is 10.1 Å². The number of piperidine rings is 1. The molecule has 118 valence electrons. The van der Waals surface area contributed by atoms with Gasteiger partial charge in [-0.3, -0.25) is 14.6 Å². The standard InChI is InChI=1S/C14H21N7O/c1-10-8-16-21(9-10)7-4-12(22)20-5-2-11(3-6-20)13-17-14(15)19-18-13/h8-9,11H,2-7H2,1H3,(H3,15,17,18,19). The number of aromatic amines is 1. The van der Waals surface area contributed by atoms with Crippen molar-refractivity contribution in [2.45, 2.75) is 38.6 Å². The molecule has 1 amide bonds. The molecule has 1 fully saturated rings. The molecule has 0 atom stereocenters. The molecule has 0 aromatic carbocycles. The Morgan fingerprint density at radius 1 is 1.45 bits per heavy atom. The van der Waals surface area contributed by atoms with E-state index in [-0.39, 0.29) is 11.9 Å². The summed E-state index contributed by atoms with van der Waals surface area (Å²) in [5, 5.41) is 10.9. The molecule has 3 rings (SSSR count). The number of aromatic nitrogens is 5. The fourth-order valence-electron chi connectivity index (χ4n) is 2.83. The Balaban J connectivity index is 1.47. The van der Waals surface area contributed by atoms with Crippen LogP contribution >= 0.6 is 0 Å². The fraction of sp³-hybridized carbons (Fsp3) is 0.571. The molecule has 0 radical (unpaired) electrons. The minimum absolute atomic E-state index is 0.184. The van der Waals surface area contributed by atoms with Gasteiger partial charge in [0.1, 0.15) is 5.82 Å². The van der Waals surface area contributed by atoms with E-state index < -0.39 is 0 Å². The summed E-state index contributed by atoms with van der Waals surface area (Å²) < 4.78 is 1.82. The molecule has 3 N–H and O–H groups in total. The summed E-state index contributed by atoms with van der Waals surface area (Å²) in [5.74, 6) is 1.60. The highest BCUT2D eigenvalue weighted by Gasteiger charge is 2.25. The smallest absolute Gasteiger partial charge is 0.239 e. The largest absolute Gasteiger partial charge is 0.367 e. The zero-order valence-electron chi connectivity index (χ0n) is 12.7. The summed E-state index contributed by atoms with van der Waals surface area (Å²) in [6.45, 7) is 4.13. The molecule has 22 heavy (non-hydrogen) atoms. The van der Waals surface area contributed by atoms with Gasteiger partial charge in [0, 0.05) is 38.2 Å². The molecule has 1 saturated heterocycles. The zero-order valence-corrected chi connectivity index (χ0v) is 12.7. The van der Waals surface area contributed by atoms with Crippen LogP contribution in [0.1, 0.15) is 36.6 Å². The predicted molar refractivity (Wildman–Crippen MR) is 80.9 cm³/mol. The number of nitrogen functional groups attached to an aromatic ring is 1. The summed E-state index contributed by atoms with van der Waals surface area (Å²) in [6, 6.07) is 0. The van der Waals surface area contributed by atoms with Gasteiger partial charge in [-0.15, -0.1) is 5.10 Å². The minimum atomic E-state index is 0.184. The van der Waals surface area contributed by atoms with Crippen molar-refractivity contribution in [1.82, 2.24) is 29.9 Å². The topological polar surface area (TPSA) is 106 Å². The van der Waals surface area contributed by atoms with Gasteiger partial charge >= 0.3 is 0 Å². The highest BCUT2D eigenvalue weighted by atomic mass is 16.2. The van der Waals surface area contributed by atoms with Crippen molar-refractivity contribution in [2.75, 3.05) is 18.8 Å². The number of rotatable bonds is 4. The van der Waals surface area contributed by atoms with E-state index in [4.69, 9.17) is 5.73 Å². The quantitative estimate of drug-likeness (QED) is 0.864. The number of nitrogens with one attached hydrogen (secondary N) is 1. The van der Waals surface area contributed by atoms with Crippen molar-refractivity contribution in [3.05, 3.63) is 23.8 Å². The Kier molecular flexibility index (Phi) is 4.08. The van der Waals surface area contributed by atoms with Crippen LogP contribution in [0.4, 0.5) is 5.95 Å². The third kappa shape index (κ3) is 3.26. The first-order chi connectivity index (χ1) is 10.6. The number of carbonyl (C=O) groups excluding carboxylic acids is 1. The third-order valence-electron chi connectivity index (χ3n) is 4.07. The number of aryl methyl sites for hydroxylation is 2. The highest BCUT2D eigenvalue weighted by Crippen LogP contribution is 2.25. The van der Waals surface area contributed by atoms with E-state index in [0.717, 1.165) is 37.3 Å². The van der Waals surface area contributed by atoms with Crippen molar-refractivity contribution in [3.8, 4) is 0 Å². The highest BCUT2D eigenvalue weighted by molar-refractivity contribution is 5.76. The lowest BCUT2D eigenvalue weighted by molar-refractivity contribution is -0.132. The van der Waals surface area contributed by atoms with Crippen molar-refractivity contribution >= 4 is 11.9 Å². The average Bonchev–Trinajstić information content (AvgIpc) is 3.13. The number of hydrogen-bond acceptors (Lipinski definition) is 5. The number of anilines is 1. The van der Waals surface area contributed by atoms with Gasteiger partial charge in [0.15, 0.2) is 0 Å². The summed E-state index contributed by atoms with van der Waals surface area (Å²) in [5.41, 5.74) is 6.64. The molecule has 0 saturated carbocycles. The van der Waals surface area contributed by atoms with Crippen LogP contribution in [0.25, 0.3) is 0 Å². The molecule has 1 aliphatic heterocycles. The van der Waals surface area contributed by atoms with Crippen molar-refractivity contribution in [2.24, 2.45) is 0 Å². The predicted octanol–water partition coefficient (Wildman–Crippen LogP) is 0.688. The van der Waals surface area contributed by atoms with Crippen LogP contribution in [-0.4, -0.2) is 48.9 Å². The lowest BCUT2D eigenvalue weighted by Gasteiger charge is -2.31. The Bertz CT molecular complexity index is 639. The van der Waals surface area contributed by atoms with Crippen molar-refractivity contribution in [3.63, 3.8) is 0 Å².